The number of piperidine rings is 1. The van der Waals surface area contributed by atoms with Crippen LogP contribution < -0.4 is 10.6 Å². The SMILES string of the molecule is O=C(CCC1CCCNC1)NCCN1CCCC1. The zero-order valence-corrected chi connectivity index (χ0v) is 11.4. The van der Waals surface area contributed by atoms with Crippen molar-refractivity contribution < 1.29 is 4.79 Å². The molecule has 0 aromatic rings. The van der Waals surface area contributed by atoms with Crippen LogP contribution in [0.25, 0.3) is 0 Å². The zero-order valence-electron chi connectivity index (χ0n) is 11.4. The molecule has 1 amide bonds. The number of nitrogens with zero attached hydrogens (tertiary/aromatic N) is 1. The minimum Gasteiger partial charge on any atom is -0.355 e. The van der Waals surface area contributed by atoms with Gasteiger partial charge in [-0.2, -0.15) is 0 Å². The van der Waals surface area contributed by atoms with Crippen LogP contribution in [0.2, 0.25) is 0 Å². The van der Waals surface area contributed by atoms with Crippen molar-refractivity contribution in [3.05, 3.63) is 0 Å². The van der Waals surface area contributed by atoms with Gasteiger partial charge in [-0.25, -0.2) is 0 Å². The summed E-state index contributed by atoms with van der Waals surface area (Å²) in [5.74, 6) is 0.947. The van der Waals surface area contributed by atoms with E-state index in [1.807, 2.05) is 0 Å². The lowest BCUT2D eigenvalue weighted by Gasteiger charge is -2.22. The molecule has 4 nitrogen and oxygen atoms in total. The highest BCUT2D eigenvalue weighted by Gasteiger charge is 2.15. The van der Waals surface area contributed by atoms with Gasteiger partial charge < -0.3 is 15.5 Å². The molecule has 2 aliphatic rings. The van der Waals surface area contributed by atoms with E-state index in [4.69, 9.17) is 0 Å². The summed E-state index contributed by atoms with van der Waals surface area (Å²) in [5, 5.41) is 6.45. The number of carbonyl (C=O) groups is 1. The van der Waals surface area contributed by atoms with Crippen LogP contribution in [0.3, 0.4) is 0 Å². The van der Waals surface area contributed by atoms with Crippen LogP contribution >= 0.6 is 0 Å². The minimum atomic E-state index is 0.236. The molecule has 1 unspecified atom stereocenters. The first-order valence-electron chi connectivity index (χ1n) is 7.54. The molecule has 0 bridgehead atoms. The quantitative estimate of drug-likeness (QED) is 0.741. The first-order chi connectivity index (χ1) is 8.84. The number of hydrogen-bond acceptors (Lipinski definition) is 3. The maximum atomic E-state index is 11.7. The molecule has 0 aromatic heterocycles. The second kappa shape index (κ2) is 7.74. The number of likely N-dealkylation sites (tertiary alicyclic amines) is 1. The summed E-state index contributed by atoms with van der Waals surface area (Å²) in [7, 11) is 0. The van der Waals surface area contributed by atoms with E-state index in [9.17, 15) is 4.79 Å². The molecule has 0 saturated carbocycles. The zero-order chi connectivity index (χ0) is 12.6. The van der Waals surface area contributed by atoms with Crippen molar-refractivity contribution in [1.29, 1.82) is 0 Å². The molecule has 2 aliphatic heterocycles. The molecule has 2 fully saturated rings. The topological polar surface area (TPSA) is 44.4 Å². The Hall–Kier alpha value is -0.610. The van der Waals surface area contributed by atoms with Gasteiger partial charge >= 0.3 is 0 Å². The second-order valence-electron chi connectivity index (χ2n) is 5.65. The van der Waals surface area contributed by atoms with E-state index in [2.05, 4.69) is 15.5 Å². The molecule has 104 valence electrons. The van der Waals surface area contributed by atoms with E-state index in [1.54, 1.807) is 0 Å². The average molecular weight is 253 g/mol. The van der Waals surface area contributed by atoms with Gasteiger partial charge in [0.25, 0.3) is 0 Å². The van der Waals surface area contributed by atoms with Crippen LogP contribution in [0.4, 0.5) is 0 Å². The molecule has 2 N–H and O–H groups in total. The van der Waals surface area contributed by atoms with Gasteiger partial charge in [0.15, 0.2) is 0 Å². The molecule has 0 spiro atoms. The van der Waals surface area contributed by atoms with Crippen molar-refractivity contribution in [3.63, 3.8) is 0 Å². The van der Waals surface area contributed by atoms with Crippen LogP contribution in [0.1, 0.15) is 38.5 Å². The maximum Gasteiger partial charge on any atom is 0.220 e. The molecule has 0 aromatic carbocycles. The van der Waals surface area contributed by atoms with E-state index < -0.39 is 0 Å². The van der Waals surface area contributed by atoms with E-state index in [-0.39, 0.29) is 5.91 Å². The molecule has 2 saturated heterocycles. The molecule has 18 heavy (non-hydrogen) atoms. The Morgan fingerprint density at radius 1 is 1.28 bits per heavy atom. The highest BCUT2D eigenvalue weighted by molar-refractivity contribution is 5.75. The number of rotatable bonds is 6. The maximum absolute atomic E-state index is 11.7. The van der Waals surface area contributed by atoms with E-state index in [1.165, 1.54) is 38.8 Å². The normalized spacial score (nSPS) is 25.2. The summed E-state index contributed by atoms with van der Waals surface area (Å²) in [6.07, 6.45) is 6.94. The molecule has 2 heterocycles. The van der Waals surface area contributed by atoms with Crippen molar-refractivity contribution in [1.82, 2.24) is 15.5 Å². The van der Waals surface area contributed by atoms with Gasteiger partial charge in [0.05, 0.1) is 0 Å². The largest absolute Gasteiger partial charge is 0.355 e. The number of nitrogens with one attached hydrogen (secondary N) is 2. The fourth-order valence-corrected chi connectivity index (χ4v) is 2.95. The molecule has 1 atom stereocenters. The highest BCUT2D eigenvalue weighted by Crippen LogP contribution is 2.15. The minimum absolute atomic E-state index is 0.236. The van der Waals surface area contributed by atoms with Gasteiger partial charge in [0.1, 0.15) is 0 Å². The molecule has 0 radical (unpaired) electrons. The van der Waals surface area contributed by atoms with E-state index in [0.29, 0.717) is 12.3 Å². The van der Waals surface area contributed by atoms with Crippen molar-refractivity contribution >= 4 is 5.91 Å². The lowest BCUT2D eigenvalue weighted by molar-refractivity contribution is -0.121. The smallest absolute Gasteiger partial charge is 0.220 e. The Morgan fingerprint density at radius 2 is 2.11 bits per heavy atom. The predicted octanol–water partition coefficient (Wildman–Crippen LogP) is 0.978. The van der Waals surface area contributed by atoms with Crippen molar-refractivity contribution in [2.75, 3.05) is 39.3 Å². The molecule has 4 heteroatoms. The second-order valence-corrected chi connectivity index (χ2v) is 5.65. The third-order valence-corrected chi connectivity index (χ3v) is 4.13. The lowest BCUT2D eigenvalue weighted by Crippen LogP contribution is -2.34. The van der Waals surface area contributed by atoms with Gasteiger partial charge in [-0.15, -0.1) is 0 Å². The first kappa shape index (κ1) is 13.8. The van der Waals surface area contributed by atoms with Gasteiger partial charge in [-0.05, 0) is 64.2 Å². The van der Waals surface area contributed by atoms with Crippen molar-refractivity contribution in [3.8, 4) is 0 Å². The fourth-order valence-electron chi connectivity index (χ4n) is 2.95. The molecular formula is C14H27N3O. The van der Waals surface area contributed by atoms with Gasteiger partial charge in [0, 0.05) is 19.5 Å². The van der Waals surface area contributed by atoms with Gasteiger partial charge in [0.2, 0.25) is 5.91 Å². The standard InChI is InChI=1S/C14H27N3O/c18-14(6-5-13-4-3-7-15-12-13)16-8-11-17-9-1-2-10-17/h13,15H,1-12H2,(H,16,18). The first-order valence-corrected chi connectivity index (χ1v) is 7.54. The van der Waals surface area contributed by atoms with Crippen molar-refractivity contribution in [2.24, 2.45) is 5.92 Å². The average Bonchev–Trinajstić information content (AvgIpc) is 2.91. The van der Waals surface area contributed by atoms with Gasteiger partial charge in [-0.3, -0.25) is 4.79 Å². The number of carbonyl (C=O) groups excluding carboxylic acids is 1. The third kappa shape index (κ3) is 4.94. The third-order valence-electron chi connectivity index (χ3n) is 4.13. The number of amides is 1. The van der Waals surface area contributed by atoms with Crippen LogP contribution in [-0.4, -0.2) is 50.1 Å². The van der Waals surface area contributed by atoms with Crippen LogP contribution in [0, 0.1) is 5.92 Å². The van der Waals surface area contributed by atoms with Crippen molar-refractivity contribution in [2.45, 2.75) is 38.5 Å². The molecule has 2 rings (SSSR count). The summed E-state index contributed by atoms with van der Waals surface area (Å²) < 4.78 is 0. The Labute approximate surface area is 110 Å². The summed E-state index contributed by atoms with van der Waals surface area (Å²) >= 11 is 0. The van der Waals surface area contributed by atoms with Gasteiger partial charge in [-0.1, -0.05) is 0 Å². The van der Waals surface area contributed by atoms with Crippen LogP contribution in [-0.2, 0) is 4.79 Å². The molecular weight excluding hydrogens is 226 g/mol. The number of hydrogen-bond donors (Lipinski definition) is 2. The Kier molecular flexibility index (Phi) is 5.94. The summed E-state index contributed by atoms with van der Waals surface area (Å²) in [6, 6.07) is 0. The van der Waals surface area contributed by atoms with E-state index >= 15 is 0 Å². The Bertz CT molecular complexity index is 245. The Balaban J connectivity index is 1.49. The highest BCUT2D eigenvalue weighted by atomic mass is 16.1. The van der Waals surface area contributed by atoms with Crippen LogP contribution in [0.5, 0.6) is 0 Å². The Morgan fingerprint density at radius 3 is 2.83 bits per heavy atom. The van der Waals surface area contributed by atoms with Crippen LogP contribution in [0.15, 0.2) is 0 Å². The summed E-state index contributed by atoms with van der Waals surface area (Å²) in [6.45, 7) is 6.52. The fraction of sp³-hybridized carbons (Fsp3) is 0.929. The summed E-state index contributed by atoms with van der Waals surface area (Å²) in [5.41, 5.74) is 0. The predicted molar refractivity (Wildman–Crippen MR) is 73.5 cm³/mol. The summed E-state index contributed by atoms with van der Waals surface area (Å²) in [4.78, 5) is 14.1. The van der Waals surface area contributed by atoms with E-state index in [0.717, 1.165) is 32.6 Å². The molecule has 0 aliphatic carbocycles. The lowest BCUT2D eigenvalue weighted by atomic mass is 9.94. The monoisotopic (exact) mass is 253 g/mol.